The lowest BCUT2D eigenvalue weighted by Gasteiger charge is -2.31. The van der Waals surface area contributed by atoms with Crippen molar-refractivity contribution < 1.29 is 13.5 Å². The molecule has 1 aromatic rings. The number of aryl methyl sites for hydroxylation is 1. The lowest BCUT2D eigenvalue weighted by Crippen LogP contribution is -2.32. The average molecular weight is 269 g/mol. The minimum absolute atomic E-state index is 0.135. The fraction of sp³-hybridized carbons (Fsp3) is 0.600. The van der Waals surface area contributed by atoms with Gasteiger partial charge < -0.3 is 10.1 Å². The van der Waals surface area contributed by atoms with E-state index in [9.17, 15) is 8.78 Å². The minimum atomic E-state index is -0.341. The molecule has 1 N–H and O–H groups in total. The highest BCUT2D eigenvalue weighted by molar-refractivity contribution is 5.28. The Balaban J connectivity index is 2.29. The van der Waals surface area contributed by atoms with Crippen LogP contribution in [0, 0.1) is 24.5 Å². The summed E-state index contributed by atoms with van der Waals surface area (Å²) in [4.78, 5) is 0. The fourth-order valence-corrected chi connectivity index (χ4v) is 2.70. The standard InChI is InChI=1S/C15H21F2NO/c1-3-18-15(11-4-6-19-7-5-11)12-9-13(16)10(2)8-14(12)17/h8-9,11,15,18H,3-7H2,1-2H3. The van der Waals surface area contributed by atoms with E-state index in [-0.39, 0.29) is 17.7 Å². The van der Waals surface area contributed by atoms with Gasteiger partial charge in [0.05, 0.1) is 0 Å². The fourth-order valence-electron chi connectivity index (χ4n) is 2.70. The molecule has 1 atom stereocenters. The second-order valence-corrected chi connectivity index (χ2v) is 5.11. The number of nitrogens with one attached hydrogen (secondary N) is 1. The smallest absolute Gasteiger partial charge is 0.128 e. The highest BCUT2D eigenvalue weighted by Crippen LogP contribution is 2.32. The lowest BCUT2D eigenvalue weighted by molar-refractivity contribution is 0.0533. The third-order valence-electron chi connectivity index (χ3n) is 3.77. The lowest BCUT2D eigenvalue weighted by atomic mass is 9.86. The van der Waals surface area contributed by atoms with E-state index in [1.165, 1.54) is 12.1 Å². The van der Waals surface area contributed by atoms with Crippen LogP contribution in [0.3, 0.4) is 0 Å². The second kappa shape index (κ2) is 6.44. The first-order valence-corrected chi connectivity index (χ1v) is 6.90. The maximum atomic E-state index is 14.1. The maximum Gasteiger partial charge on any atom is 0.128 e. The summed E-state index contributed by atoms with van der Waals surface area (Å²) in [5, 5.41) is 3.29. The summed E-state index contributed by atoms with van der Waals surface area (Å²) < 4.78 is 33.2. The molecule has 0 spiro atoms. The van der Waals surface area contributed by atoms with Crippen LogP contribution in [0.15, 0.2) is 12.1 Å². The van der Waals surface area contributed by atoms with Crippen LogP contribution >= 0.6 is 0 Å². The summed E-state index contributed by atoms with van der Waals surface area (Å²) >= 11 is 0. The van der Waals surface area contributed by atoms with Crippen molar-refractivity contribution in [1.82, 2.24) is 5.32 Å². The molecule has 1 fully saturated rings. The van der Waals surface area contributed by atoms with Crippen molar-refractivity contribution in [3.63, 3.8) is 0 Å². The minimum Gasteiger partial charge on any atom is -0.381 e. The zero-order valence-corrected chi connectivity index (χ0v) is 11.5. The van der Waals surface area contributed by atoms with Crippen LogP contribution in [0.25, 0.3) is 0 Å². The van der Waals surface area contributed by atoms with Gasteiger partial charge in [-0.25, -0.2) is 8.78 Å². The molecule has 0 amide bonds. The molecular weight excluding hydrogens is 248 g/mol. The molecule has 1 heterocycles. The number of rotatable bonds is 4. The van der Waals surface area contributed by atoms with Crippen molar-refractivity contribution in [3.8, 4) is 0 Å². The van der Waals surface area contributed by atoms with E-state index in [1.54, 1.807) is 6.92 Å². The monoisotopic (exact) mass is 269 g/mol. The molecule has 19 heavy (non-hydrogen) atoms. The third kappa shape index (κ3) is 3.31. The molecule has 0 radical (unpaired) electrons. The number of hydrogen-bond donors (Lipinski definition) is 1. The van der Waals surface area contributed by atoms with Gasteiger partial charge in [0.15, 0.2) is 0 Å². The summed E-state index contributed by atoms with van der Waals surface area (Å²) in [5.41, 5.74) is 0.792. The topological polar surface area (TPSA) is 21.3 Å². The van der Waals surface area contributed by atoms with E-state index in [4.69, 9.17) is 4.74 Å². The van der Waals surface area contributed by atoms with Gasteiger partial charge in [0.25, 0.3) is 0 Å². The predicted octanol–water partition coefficient (Wildman–Crippen LogP) is 3.35. The van der Waals surface area contributed by atoms with E-state index in [0.717, 1.165) is 19.4 Å². The van der Waals surface area contributed by atoms with Gasteiger partial charge in [0, 0.05) is 24.8 Å². The molecule has 1 aliphatic rings. The molecule has 2 nitrogen and oxygen atoms in total. The first-order chi connectivity index (χ1) is 9.13. The Kier molecular flexibility index (Phi) is 4.88. The molecule has 0 aromatic heterocycles. The molecule has 1 unspecified atom stereocenters. The highest BCUT2D eigenvalue weighted by atomic mass is 19.1. The number of ether oxygens (including phenoxy) is 1. The molecular formula is C15H21F2NO. The van der Waals surface area contributed by atoms with E-state index in [2.05, 4.69) is 5.32 Å². The normalized spacial score (nSPS) is 18.5. The van der Waals surface area contributed by atoms with Gasteiger partial charge in [0.1, 0.15) is 11.6 Å². The van der Waals surface area contributed by atoms with Gasteiger partial charge in [0.2, 0.25) is 0 Å². The summed E-state index contributed by atoms with van der Waals surface area (Å²) in [7, 11) is 0. The summed E-state index contributed by atoms with van der Waals surface area (Å²) in [6, 6.07) is 2.49. The van der Waals surface area contributed by atoms with Crippen molar-refractivity contribution in [2.45, 2.75) is 32.7 Å². The molecule has 2 rings (SSSR count). The Hall–Kier alpha value is -1.00. The molecule has 106 valence electrons. The first-order valence-electron chi connectivity index (χ1n) is 6.90. The van der Waals surface area contributed by atoms with Gasteiger partial charge in [-0.3, -0.25) is 0 Å². The van der Waals surface area contributed by atoms with Gasteiger partial charge in [-0.2, -0.15) is 0 Å². The molecule has 0 saturated carbocycles. The average Bonchev–Trinajstić information content (AvgIpc) is 2.42. The third-order valence-corrected chi connectivity index (χ3v) is 3.77. The molecule has 0 aliphatic carbocycles. The summed E-state index contributed by atoms with van der Waals surface area (Å²) in [6.07, 6.45) is 1.76. The predicted molar refractivity (Wildman–Crippen MR) is 71.1 cm³/mol. The Bertz CT molecular complexity index is 430. The van der Waals surface area contributed by atoms with Crippen LogP contribution in [-0.4, -0.2) is 19.8 Å². The van der Waals surface area contributed by atoms with Crippen LogP contribution in [-0.2, 0) is 4.74 Å². The zero-order valence-electron chi connectivity index (χ0n) is 11.5. The largest absolute Gasteiger partial charge is 0.381 e. The Morgan fingerprint density at radius 3 is 2.58 bits per heavy atom. The number of halogens is 2. The van der Waals surface area contributed by atoms with Crippen molar-refractivity contribution in [3.05, 3.63) is 34.9 Å². The number of benzene rings is 1. The maximum absolute atomic E-state index is 14.1. The van der Waals surface area contributed by atoms with E-state index < -0.39 is 0 Å². The van der Waals surface area contributed by atoms with Crippen LogP contribution in [0.2, 0.25) is 0 Å². The van der Waals surface area contributed by atoms with Crippen LogP contribution < -0.4 is 5.32 Å². The Morgan fingerprint density at radius 1 is 1.26 bits per heavy atom. The van der Waals surface area contributed by atoms with E-state index in [1.807, 2.05) is 6.92 Å². The van der Waals surface area contributed by atoms with Crippen molar-refractivity contribution in [2.75, 3.05) is 19.8 Å². The Labute approximate surface area is 113 Å². The number of hydrogen-bond acceptors (Lipinski definition) is 2. The molecule has 4 heteroatoms. The SMILES string of the molecule is CCNC(c1cc(F)c(C)cc1F)C1CCOCC1. The molecule has 0 bridgehead atoms. The van der Waals surface area contributed by atoms with Crippen molar-refractivity contribution in [2.24, 2.45) is 5.92 Å². The van der Waals surface area contributed by atoms with Gasteiger partial charge in [-0.05, 0) is 49.9 Å². The van der Waals surface area contributed by atoms with Crippen LogP contribution in [0.1, 0.15) is 36.9 Å². The van der Waals surface area contributed by atoms with Crippen molar-refractivity contribution in [1.29, 1.82) is 0 Å². The molecule has 1 aliphatic heterocycles. The Morgan fingerprint density at radius 2 is 1.95 bits per heavy atom. The van der Waals surface area contributed by atoms with Gasteiger partial charge in [-0.15, -0.1) is 0 Å². The van der Waals surface area contributed by atoms with Crippen LogP contribution in [0.5, 0.6) is 0 Å². The van der Waals surface area contributed by atoms with Crippen molar-refractivity contribution >= 4 is 0 Å². The van der Waals surface area contributed by atoms with Gasteiger partial charge >= 0.3 is 0 Å². The van der Waals surface area contributed by atoms with E-state index >= 15 is 0 Å². The summed E-state index contributed by atoms with van der Waals surface area (Å²) in [6.45, 7) is 5.69. The summed E-state index contributed by atoms with van der Waals surface area (Å²) in [5.74, 6) is -0.368. The quantitative estimate of drug-likeness (QED) is 0.905. The van der Waals surface area contributed by atoms with Crippen LogP contribution in [0.4, 0.5) is 8.78 Å². The van der Waals surface area contributed by atoms with Gasteiger partial charge in [-0.1, -0.05) is 6.92 Å². The second-order valence-electron chi connectivity index (χ2n) is 5.11. The first kappa shape index (κ1) is 14.4. The van der Waals surface area contributed by atoms with E-state index in [0.29, 0.717) is 30.3 Å². The molecule has 1 aromatic carbocycles. The zero-order chi connectivity index (χ0) is 13.8. The highest BCUT2D eigenvalue weighted by Gasteiger charge is 2.27. The molecule has 1 saturated heterocycles.